The summed E-state index contributed by atoms with van der Waals surface area (Å²) in [4.78, 5) is 14.5. The number of H-pyrrole nitrogens is 1. The van der Waals surface area contributed by atoms with E-state index in [2.05, 4.69) is 10.2 Å². The number of halogens is 2. The summed E-state index contributed by atoms with van der Waals surface area (Å²) in [7, 11) is 0. The molecule has 7 heteroatoms. The van der Waals surface area contributed by atoms with E-state index >= 15 is 0 Å². The number of aromatic amines is 1. The lowest BCUT2D eigenvalue weighted by Crippen LogP contribution is -2.36. The van der Waals surface area contributed by atoms with Crippen LogP contribution in [0.25, 0.3) is 11.3 Å². The van der Waals surface area contributed by atoms with Crippen molar-refractivity contribution >= 4 is 5.91 Å². The van der Waals surface area contributed by atoms with Crippen molar-refractivity contribution < 1.29 is 18.7 Å². The van der Waals surface area contributed by atoms with E-state index in [1.54, 1.807) is 23.1 Å². The molecule has 0 atom stereocenters. The van der Waals surface area contributed by atoms with Crippen LogP contribution in [0.5, 0.6) is 5.75 Å². The molecule has 2 aromatic carbocycles. The SMILES string of the molecule is Cc1ccc(C(=O)N2CCc3[nH]nc(-c4ccc(F)c(F)c4)c3C2)c(O)c1. The van der Waals surface area contributed by atoms with E-state index in [1.165, 1.54) is 6.07 Å². The Morgan fingerprint density at radius 2 is 2.00 bits per heavy atom. The molecule has 0 bridgehead atoms. The number of hydrogen-bond acceptors (Lipinski definition) is 3. The van der Waals surface area contributed by atoms with Gasteiger partial charge >= 0.3 is 0 Å². The Labute approximate surface area is 154 Å². The minimum absolute atomic E-state index is 0.0566. The highest BCUT2D eigenvalue weighted by Gasteiger charge is 2.27. The van der Waals surface area contributed by atoms with Crippen LogP contribution < -0.4 is 0 Å². The van der Waals surface area contributed by atoms with E-state index in [-0.39, 0.29) is 23.8 Å². The molecule has 1 amide bonds. The Bertz CT molecular complexity index is 1050. The molecule has 1 aliphatic rings. The number of phenolic OH excluding ortho intramolecular Hbond substituents is 1. The third-order valence-electron chi connectivity index (χ3n) is 4.80. The second-order valence-electron chi connectivity index (χ2n) is 6.66. The summed E-state index contributed by atoms with van der Waals surface area (Å²) in [6.07, 6.45) is 0.560. The standard InChI is InChI=1S/C20H17F2N3O2/c1-11-2-4-13(18(26)8-11)20(27)25-7-6-17-14(10-25)19(24-23-17)12-3-5-15(21)16(22)9-12/h2-5,8-9,26H,6-7,10H2,1H3,(H,23,24). The van der Waals surface area contributed by atoms with E-state index < -0.39 is 11.6 Å². The van der Waals surface area contributed by atoms with Crippen LogP contribution in [0.2, 0.25) is 0 Å². The van der Waals surface area contributed by atoms with Gasteiger partial charge in [0.25, 0.3) is 5.91 Å². The molecule has 1 aromatic heterocycles. The highest BCUT2D eigenvalue weighted by molar-refractivity contribution is 5.97. The molecule has 0 radical (unpaired) electrons. The van der Waals surface area contributed by atoms with Crippen LogP contribution >= 0.6 is 0 Å². The van der Waals surface area contributed by atoms with Gasteiger partial charge in [-0.1, -0.05) is 6.07 Å². The molecule has 0 saturated carbocycles. The van der Waals surface area contributed by atoms with Gasteiger partial charge in [0.2, 0.25) is 0 Å². The molecule has 0 fully saturated rings. The molecule has 0 saturated heterocycles. The number of hydrogen-bond donors (Lipinski definition) is 2. The van der Waals surface area contributed by atoms with Crippen molar-refractivity contribution in [2.24, 2.45) is 0 Å². The second-order valence-corrected chi connectivity index (χ2v) is 6.66. The molecular formula is C20H17F2N3O2. The van der Waals surface area contributed by atoms with Crippen LogP contribution in [-0.4, -0.2) is 32.7 Å². The van der Waals surface area contributed by atoms with Crippen LogP contribution in [0.4, 0.5) is 8.78 Å². The number of nitrogens with zero attached hydrogens (tertiary/aromatic N) is 2. The number of amides is 1. The summed E-state index contributed by atoms with van der Waals surface area (Å²) in [6, 6.07) is 8.54. The van der Waals surface area contributed by atoms with Gasteiger partial charge in [0.1, 0.15) is 5.75 Å². The molecule has 3 aromatic rings. The summed E-state index contributed by atoms with van der Waals surface area (Å²) >= 11 is 0. The second kappa shape index (κ2) is 6.50. The van der Waals surface area contributed by atoms with Crippen LogP contribution in [0, 0.1) is 18.6 Å². The lowest BCUT2D eigenvalue weighted by Gasteiger charge is -2.27. The van der Waals surface area contributed by atoms with Gasteiger partial charge in [-0.2, -0.15) is 5.10 Å². The highest BCUT2D eigenvalue weighted by Crippen LogP contribution is 2.30. The fourth-order valence-corrected chi connectivity index (χ4v) is 3.34. The summed E-state index contributed by atoms with van der Waals surface area (Å²) in [5.41, 5.74) is 3.68. The number of aromatic nitrogens is 2. The third-order valence-corrected chi connectivity index (χ3v) is 4.80. The number of benzene rings is 2. The molecular weight excluding hydrogens is 352 g/mol. The van der Waals surface area contributed by atoms with Crippen LogP contribution in [-0.2, 0) is 13.0 Å². The first-order valence-corrected chi connectivity index (χ1v) is 8.54. The zero-order valence-electron chi connectivity index (χ0n) is 14.6. The van der Waals surface area contributed by atoms with E-state index in [0.29, 0.717) is 24.2 Å². The summed E-state index contributed by atoms with van der Waals surface area (Å²) < 4.78 is 26.8. The highest BCUT2D eigenvalue weighted by atomic mass is 19.2. The van der Waals surface area contributed by atoms with Crippen LogP contribution in [0.1, 0.15) is 27.2 Å². The molecule has 2 N–H and O–H groups in total. The Balaban J connectivity index is 1.65. The van der Waals surface area contributed by atoms with Crippen molar-refractivity contribution in [1.82, 2.24) is 15.1 Å². The maximum Gasteiger partial charge on any atom is 0.257 e. The minimum Gasteiger partial charge on any atom is -0.507 e. The number of carbonyl (C=O) groups excluding carboxylic acids is 1. The number of nitrogens with one attached hydrogen (secondary N) is 1. The Hall–Kier alpha value is -3.22. The number of rotatable bonds is 2. The Kier molecular flexibility index (Phi) is 4.14. The molecule has 5 nitrogen and oxygen atoms in total. The fraction of sp³-hybridized carbons (Fsp3) is 0.200. The largest absolute Gasteiger partial charge is 0.507 e. The quantitative estimate of drug-likeness (QED) is 0.726. The van der Waals surface area contributed by atoms with Crippen molar-refractivity contribution in [3.8, 4) is 17.0 Å². The monoisotopic (exact) mass is 369 g/mol. The maximum atomic E-state index is 13.6. The van der Waals surface area contributed by atoms with Gasteiger partial charge in [-0.3, -0.25) is 9.89 Å². The van der Waals surface area contributed by atoms with Gasteiger partial charge in [-0.25, -0.2) is 8.78 Å². The number of aryl methyl sites for hydroxylation is 1. The van der Waals surface area contributed by atoms with Crippen molar-refractivity contribution in [2.45, 2.75) is 19.9 Å². The number of carbonyl (C=O) groups is 1. The lowest BCUT2D eigenvalue weighted by molar-refractivity contribution is 0.0731. The van der Waals surface area contributed by atoms with Crippen molar-refractivity contribution in [3.05, 3.63) is 70.4 Å². The van der Waals surface area contributed by atoms with Gasteiger partial charge in [-0.15, -0.1) is 0 Å². The lowest BCUT2D eigenvalue weighted by atomic mass is 10.00. The molecule has 4 rings (SSSR count). The number of aromatic hydroxyl groups is 1. The summed E-state index contributed by atoms with van der Waals surface area (Å²) in [5.74, 6) is -2.21. The van der Waals surface area contributed by atoms with Crippen LogP contribution in [0.15, 0.2) is 36.4 Å². The third kappa shape index (κ3) is 3.05. The zero-order valence-corrected chi connectivity index (χ0v) is 14.6. The topological polar surface area (TPSA) is 69.2 Å². The first-order chi connectivity index (χ1) is 12.9. The smallest absolute Gasteiger partial charge is 0.257 e. The van der Waals surface area contributed by atoms with Crippen molar-refractivity contribution in [2.75, 3.05) is 6.54 Å². The minimum atomic E-state index is -0.947. The number of phenols is 1. The van der Waals surface area contributed by atoms with Gasteiger partial charge in [0.15, 0.2) is 11.6 Å². The average Bonchev–Trinajstić information content (AvgIpc) is 3.06. The first-order valence-electron chi connectivity index (χ1n) is 8.54. The van der Waals surface area contributed by atoms with Crippen molar-refractivity contribution in [1.29, 1.82) is 0 Å². The number of fused-ring (bicyclic) bond motifs is 1. The molecule has 27 heavy (non-hydrogen) atoms. The predicted molar refractivity (Wildman–Crippen MR) is 95.2 cm³/mol. The Morgan fingerprint density at radius 1 is 1.19 bits per heavy atom. The van der Waals surface area contributed by atoms with E-state index in [9.17, 15) is 18.7 Å². The molecule has 138 valence electrons. The maximum absolute atomic E-state index is 13.6. The van der Waals surface area contributed by atoms with Crippen molar-refractivity contribution in [3.63, 3.8) is 0 Å². The van der Waals surface area contributed by atoms with E-state index in [0.717, 1.165) is 29.0 Å². The summed E-state index contributed by atoms with van der Waals surface area (Å²) in [5, 5.41) is 17.2. The van der Waals surface area contributed by atoms with Gasteiger partial charge in [0.05, 0.1) is 11.3 Å². The molecule has 0 spiro atoms. The normalized spacial score (nSPS) is 13.5. The molecule has 0 aliphatic carbocycles. The first kappa shape index (κ1) is 17.2. The Morgan fingerprint density at radius 3 is 2.74 bits per heavy atom. The van der Waals surface area contributed by atoms with E-state index in [4.69, 9.17) is 0 Å². The zero-order chi connectivity index (χ0) is 19.1. The molecule has 1 aliphatic heterocycles. The van der Waals surface area contributed by atoms with Gasteiger partial charge in [-0.05, 0) is 42.8 Å². The average molecular weight is 369 g/mol. The van der Waals surface area contributed by atoms with Gasteiger partial charge < -0.3 is 10.0 Å². The van der Waals surface area contributed by atoms with E-state index in [1.807, 2.05) is 6.92 Å². The fourth-order valence-electron chi connectivity index (χ4n) is 3.34. The predicted octanol–water partition coefficient (Wildman–Crippen LogP) is 3.57. The molecule has 2 heterocycles. The molecule has 0 unspecified atom stereocenters. The van der Waals surface area contributed by atoms with Gasteiger partial charge in [0, 0.05) is 36.3 Å². The summed E-state index contributed by atoms with van der Waals surface area (Å²) in [6.45, 7) is 2.57. The van der Waals surface area contributed by atoms with Crippen LogP contribution in [0.3, 0.4) is 0 Å².